The van der Waals surface area contributed by atoms with Gasteiger partial charge in [0.2, 0.25) is 0 Å². The highest BCUT2D eigenvalue weighted by atomic mass is 79.9. The van der Waals surface area contributed by atoms with Gasteiger partial charge in [0.1, 0.15) is 0 Å². The van der Waals surface area contributed by atoms with Gasteiger partial charge in [-0.15, -0.1) is 6.58 Å². The Labute approximate surface area is 180 Å². The number of rotatable bonds is 17. The SMILES string of the molecule is C=CCC(CCCCCCCCCCCCC[NH+](C)C)[NH+](C)C.[Br-].[Br-]. The second kappa shape index (κ2) is 22.7. The number of hydrogen-bond acceptors (Lipinski definition) is 0. The van der Waals surface area contributed by atoms with Gasteiger partial charge in [-0.05, 0) is 25.7 Å². The van der Waals surface area contributed by atoms with Gasteiger partial charge in [-0.1, -0.05) is 57.4 Å². The highest BCUT2D eigenvalue weighted by Gasteiger charge is 2.11. The predicted molar refractivity (Wildman–Crippen MR) is 104 cm³/mol. The minimum atomic E-state index is 0. The zero-order chi connectivity index (χ0) is 17.3. The molecule has 0 rings (SSSR count). The highest BCUT2D eigenvalue weighted by molar-refractivity contribution is 4.72. The molecule has 0 amide bonds. The molecule has 0 aliphatic carbocycles. The molecule has 0 aromatic carbocycles. The van der Waals surface area contributed by atoms with Crippen molar-refractivity contribution in [2.75, 3.05) is 34.7 Å². The summed E-state index contributed by atoms with van der Waals surface area (Å²) in [6.45, 7) is 5.22. The van der Waals surface area contributed by atoms with Crippen molar-refractivity contribution in [1.29, 1.82) is 0 Å². The minimum Gasteiger partial charge on any atom is -1.00 e. The molecular formula is C21H46Br2N2. The lowest BCUT2D eigenvalue weighted by atomic mass is 10.0. The van der Waals surface area contributed by atoms with E-state index in [1.54, 1.807) is 9.80 Å². The fourth-order valence-electron chi connectivity index (χ4n) is 3.30. The molecule has 0 aromatic rings. The maximum absolute atomic E-state index is 3.89. The maximum atomic E-state index is 3.89. The van der Waals surface area contributed by atoms with E-state index in [0.29, 0.717) is 0 Å². The summed E-state index contributed by atoms with van der Waals surface area (Å²) in [6, 6.07) is 0.779. The normalized spacial score (nSPS) is 11.9. The molecule has 25 heavy (non-hydrogen) atoms. The van der Waals surface area contributed by atoms with Crippen LogP contribution in [0.5, 0.6) is 0 Å². The largest absolute Gasteiger partial charge is 1.00 e. The first-order valence-electron chi connectivity index (χ1n) is 10.3. The molecule has 0 spiro atoms. The van der Waals surface area contributed by atoms with E-state index < -0.39 is 0 Å². The molecule has 1 unspecified atom stereocenters. The van der Waals surface area contributed by atoms with Crippen LogP contribution >= 0.6 is 0 Å². The van der Waals surface area contributed by atoms with Gasteiger partial charge < -0.3 is 43.8 Å². The van der Waals surface area contributed by atoms with E-state index in [0.717, 1.165) is 12.5 Å². The molecule has 0 radical (unpaired) electrons. The summed E-state index contributed by atoms with van der Waals surface area (Å²) in [5.41, 5.74) is 0. The summed E-state index contributed by atoms with van der Waals surface area (Å²) in [7, 11) is 9.05. The third-order valence-electron chi connectivity index (χ3n) is 5.00. The van der Waals surface area contributed by atoms with Crippen molar-refractivity contribution in [2.45, 2.75) is 89.5 Å². The van der Waals surface area contributed by atoms with Crippen LogP contribution in [0.3, 0.4) is 0 Å². The molecule has 0 aromatic heterocycles. The number of halogens is 2. The van der Waals surface area contributed by atoms with Crippen LogP contribution in [-0.2, 0) is 0 Å². The van der Waals surface area contributed by atoms with Crippen molar-refractivity contribution in [3.63, 3.8) is 0 Å². The minimum absolute atomic E-state index is 0. The average molecular weight is 486 g/mol. The van der Waals surface area contributed by atoms with Crippen molar-refractivity contribution in [1.82, 2.24) is 0 Å². The quantitative estimate of drug-likeness (QED) is 0.159. The Morgan fingerprint density at radius 3 is 1.44 bits per heavy atom. The van der Waals surface area contributed by atoms with Crippen molar-refractivity contribution in [2.24, 2.45) is 0 Å². The fourth-order valence-corrected chi connectivity index (χ4v) is 3.30. The summed E-state index contributed by atoms with van der Waals surface area (Å²) in [4.78, 5) is 3.17. The van der Waals surface area contributed by atoms with E-state index in [1.165, 1.54) is 83.6 Å². The van der Waals surface area contributed by atoms with E-state index >= 15 is 0 Å². The number of hydrogen-bond donors (Lipinski definition) is 2. The van der Waals surface area contributed by atoms with E-state index in [-0.39, 0.29) is 34.0 Å². The average Bonchev–Trinajstić information content (AvgIpc) is 2.50. The zero-order valence-corrected chi connectivity index (χ0v) is 20.7. The molecule has 0 saturated heterocycles. The molecular weight excluding hydrogens is 440 g/mol. The van der Waals surface area contributed by atoms with Crippen LogP contribution in [0.25, 0.3) is 0 Å². The molecule has 0 aliphatic rings. The Hall–Kier alpha value is 0.620. The Morgan fingerprint density at radius 2 is 1.08 bits per heavy atom. The van der Waals surface area contributed by atoms with Crippen LogP contribution < -0.4 is 43.8 Å². The maximum Gasteiger partial charge on any atom is 0.0905 e. The van der Waals surface area contributed by atoms with E-state index in [9.17, 15) is 0 Å². The van der Waals surface area contributed by atoms with Crippen LogP contribution in [0, 0.1) is 0 Å². The number of nitrogens with one attached hydrogen (secondary N) is 2. The number of unbranched alkanes of at least 4 members (excludes halogenated alkanes) is 10. The van der Waals surface area contributed by atoms with Crippen LogP contribution in [0.2, 0.25) is 0 Å². The standard InChI is InChI=1S/C21H44N2.2BrH/c1-6-18-21(23(4)5)19-16-14-12-10-8-7-9-11-13-15-17-20-22(2)3;;/h6,21H,1,7-20H2,2-5H3;2*1H. The van der Waals surface area contributed by atoms with E-state index in [4.69, 9.17) is 0 Å². The van der Waals surface area contributed by atoms with Crippen LogP contribution in [0.15, 0.2) is 12.7 Å². The molecule has 4 heteroatoms. The summed E-state index contributed by atoms with van der Waals surface area (Å²) >= 11 is 0. The third-order valence-corrected chi connectivity index (χ3v) is 5.00. The molecule has 0 aliphatic heterocycles. The molecule has 154 valence electrons. The first-order chi connectivity index (χ1) is 11.1. The van der Waals surface area contributed by atoms with E-state index in [2.05, 4.69) is 40.8 Å². The molecule has 2 nitrogen and oxygen atoms in total. The van der Waals surface area contributed by atoms with Gasteiger partial charge in [0.05, 0.1) is 40.8 Å². The van der Waals surface area contributed by atoms with Gasteiger partial charge in [0.15, 0.2) is 0 Å². The van der Waals surface area contributed by atoms with Crippen LogP contribution in [-0.4, -0.2) is 40.8 Å². The van der Waals surface area contributed by atoms with Crippen molar-refractivity contribution < 1.29 is 43.8 Å². The third kappa shape index (κ3) is 22.6. The topological polar surface area (TPSA) is 8.88 Å². The molecule has 0 saturated carbocycles. The smallest absolute Gasteiger partial charge is 0.0905 e. The fraction of sp³-hybridized carbons (Fsp3) is 0.905. The zero-order valence-electron chi connectivity index (χ0n) is 17.5. The van der Waals surface area contributed by atoms with Crippen LogP contribution in [0.1, 0.15) is 83.5 Å². The second-order valence-electron chi connectivity index (χ2n) is 7.93. The first-order valence-corrected chi connectivity index (χ1v) is 10.3. The number of quaternary nitrogens is 2. The predicted octanol–water partition coefficient (Wildman–Crippen LogP) is -3.09. The van der Waals surface area contributed by atoms with Crippen molar-refractivity contribution in [3.05, 3.63) is 12.7 Å². The lowest BCUT2D eigenvalue weighted by Gasteiger charge is -2.19. The Kier molecular flexibility index (Phi) is 27.5. The van der Waals surface area contributed by atoms with Crippen molar-refractivity contribution in [3.8, 4) is 0 Å². The Balaban J connectivity index is -0.00000242. The lowest BCUT2D eigenvalue weighted by molar-refractivity contribution is -0.885. The molecule has 1 atom stereocenters. The van der Waals surface area contributed by atoms with Gasteiger partial charge in [0.25, 0.3) is 0 Å². The summed E-state index contributed by atoms with van der Waals surface area (Å²) < 4.78 is 0. The van der Waals surface area contributed by atoms with Crippen molar-refractivity contribution >= 4 is 0 Å². The first kappa shape index (κ1) is 30.4. The second-order valence-corrected chi connectivity index (χ2v) is 7.93. The Bertz CT molecular complexity index is 258. The summed E-state index contributed by atoms with van der Waals surface area (Å²) in [5.74, 6) is 0. The molecule has 2 N–H and O–H groups in total. The van der Waals surface area contributed by atoms with Crippen LogP contribution in [0.4, 0.5) is 0 Å². The van der Waals surface area contributed by atoms with Gasteiger partial charge in [-0.25, -0.2) is 0 Å². The van der Waals surface area contributed by atoms with Gasteiger partial charge >= 0.3 is 0 Å². The summed E-state index contributed by atoms with van der Waals surface area (Å²) in [6.07, 6.45) is 20.4. The Morgan fingerprint density at radius 1 is 0.680 bits per heavy atom. The highest BCUT2D eigenvalue weighted by Crippen LogP contribution is 2.12. The van der Waals surface area contributed by atoms with Gasteiger partial charge in [-0.2, -0.15) is 0 Å². The lowest BCUT2D eigenvalue weighted by Crippen LogP contribution is -3.09. The molecule has 0 heterocycles. The monoisotopic (exact) mass is 484 g/mol. The summed E-state index contributed by atoms with van der Waals surface area (Å²) in [5, 5.41) is 0. The van der Waals surface area contributed by atoms with E-state index in [1.807, 2.05) is 0 Å². The molecule has 0 fully saturated rings. The van der Waals surface area contributed by atoms with Gasteiger partial charge in [-0.3, -0.25) is 0 Å². The molecule has 0 bridgehead atoms. The van der Waals surface area contributed by atoms with Gasteiger partial charge in [0, 0.05) is 6.42 Å².